The molecule has 2 unspecified atom stereocenters. The van der Waals surface area contributed by atoms with E-state index in [2.05, 4.69) is 13.8 Å². The number of aliphatic hydroxyl groups is 1. The van der Waals surface area contributed by atoms with Crippen LogP contribution < -0.4 is 0 Å². The number of carboxylic acids is 1. The first-order valence-electron chi connectivity index (χ1n) is 9.61. The summed E-state index contributed by atoms with van der Waals surface area (Å²) in [5.41, 5.74) is 0. The molecule has 0 saturated carbocycles. The first-order valence-corrected chi connectivity index (χ1v) is 10.7. The van der Waals surface area contributed by atoms with Crippen molar-refractivity contribution in [1.82, 2.24) is 0 Å². The van der Waals surface area contributed by atoms with Gasteiger partial charge in [0.25, 0.3) is 0 Å². The minimum absolute atomic E-state index is 0.107. The van der Waals surface area contributed by atoms with Crippen molar-refractivity contribution in [3.05, 3.63) is 0 Å². The van der Waals surface area contributed by atoms with Gasteiger partial charge in [0.05, 0.1) is 6.10 Å². The molecule has 23 heavy (non-hydrogen) atoms. The van der Waals surface area contributed by atoms with E-state index in [-0.39, 0.29) is 6.10 Å². The Morgan fingerprint density at radius 2 is 1.48 bits per heavy atom. The van der Waals surface area contributed by atoms with Crippen LogP contribution in [0.1, 0.15) is 97.3 Å². The SMILES string of the molecule is CCCCCC(O)CCCC(CCCCCCC(=O)O)SCC. The third kappa shape index (κ3) is 16.4. The predicted octanol–water partition coefficient (Wildman–Crippen LogP) is 5.64. The van der Waals surface area contributed by atoms with Crippen LogP contribution in [0.2, 0.25) is 0 Å². The van der Waals surface area contributed by atoms with Gasteiger partial charge in [0, 0.05) is 11.7 Å². The molecule has 0 rings (SSSR count). The number of hydrogen-bond acceptors (Lipinski definition) is 3. The second-order valence-corrected chi connectivity index (χ2v) is 8.08. The molecule has 0 aromatic carbocycles. The van der Waals surface area contributed by atoms with E-state index in [0.717, 1.165) is 50.7 Å². The number of thioether (sulfide) groups is 1. The molecule has 0 aromatic rings. The molecule has 0 amide bonds. The molecule has 3 nitrogen and oxygen atoms in total. The van der Waals surface area contributed by atoms with Crippen molar-refractivity contribution in [1.29, 1.82) is 0 Å². The zero-order valence-corrected chi connectivity index (χ0v) is 16.1. The molecule has 0 saturated heterocycles. The number of rotatable bonds is 17. The van der Waals surface area contributed by atoms with E-state index in [1.165, 1.54) is 32.1 Å². The third-order valence-electron chi connectivity index (χ3n) is 4.27. The van der Waals surface area contributed by atoms with Crippen molar-refractivity contribution in [3.63, 3.8) is 0 Å². The highest BCUT2D eigenvalue weighted by Gasteiger charge is 2.10. The van der Waals surface area contributed by atoms with Gasteiger partial charge >= 0.3 is 5.97 Å². The van der Waals surface area contributed by atoms with Gasteiger partial charge in [-0.3, -0.25) is 4.79 Å². The Balaban J connectivity index is 3.66. The van der Waals surface area contributed by atoms with E-state index < -0.39 is 5.97 Å². The van der Waals surface area contributed by atoms with Gasteiger partial charge in [0.2, 0.25) is 0 Å². The van der Waals surface area contributed by atoms with Gasteiger partial charge in [-0.05, 0) is 44.3 Å². The number of aliphatic hydroxyl groups excluding tert-OH is 1. The van der Waals surface area contributed by atoms with Gasteiger partial charge in [-0.15, -0.1) is 0 Å². The Kier molecular flexibility index (Phi) is 16.5. The molecule has 4 heteroatoms. The lowest BCUT2D eigenvalue weighted by Gasteiger charge is -2.17. The zero-order chi connectivity index (χ0) is 17.3. The summed E-state index contributed by atoms with van der Waals surface area (Å²) in [4.78, 5) is 10.5. The molecule has 0 heterocycles. The van der Waals surface area contributed by atoms with Crippen LogP contribution in [0.4, 0.5) is 0 Å². The maximum Gasteiger partial charge on any atom is 0.303 e. The first-order chi connectivity index (χ1) is 11.1. The van der Waals surface area contributed by atoms with Crippen molar-refractivity contribution >= 4 is 17.7 Å². The Labute approximate surface area is 147 Å². The normalized spacial score (nSPS) is 13.9. The number of aliphatic carboxylic acids is 1. The van der Waals surface area contributed by atoms with Gasteiger partial charge in [0.1, 0.15) is 0 Å². The van der Waals surface area contributed by atoms with Crippen LogP contribution in [0.25, 0.3) is 0 Å². The lowest BCUT2D eigenvalue weighted by atomic mass is 10.0. The van der Waals surface area contributed by atoms with E-state index in [9.17, 15) is 9.90 Å². The highest BCUT2D eigenvalue weighted by Crippen LogP contribution is 2.24. The average molecular weight is 347 g/mol. The van der Waals surface area contributed by atoms with Gasteiger partial charge < -0.3 is 10.2 Å². The van der Waals surface area contributed by atoms with Crippen LogP contribution in [-0.2, 0) is 4.79 Å². The molecule has 0 aliphatic carbocycles. The minimum atomic E-state index is -0.679. The van der Waals surface area contributed by atoms with E-state index in [1.54, 1.807) is 0 Å². The smallest absolute Gasteiger partial charge is 0.303 e. The second-order valence-electron chi connectivity index (χ2n) is 6.50. The summed E-state index contributed by atoms with van der Waals surface area (Å²) in [5.74, 6) is 0.477. The van der Waals surface area contributed by atoms with E-state index in [4.69, 9.17) is 5.11 Å². The van der Waals surface area contributed by atoms with Crippen LogP contribution in [0.5, 0.6) is 0 Å². The number of hydrogen-bond donors (Lipinski definition) is 2. The highest BCUT2D eigenvalue weighted by atomic mass is 32.2. The fraction of sp³-hybridized carbons (Fsp3) is 0.947. The van der Waals surface area contributed by atoms with E-state index in [1.807, 2.05) is 11.8 Å². The van der Waals surface area contributed by atoms with Gasteiger partial charge in [-0.2, -0.15) is 11.8 Å². The van der Waals surface area contributed by atoms with Crippen molar-refractivity contribution < 1.29 is 15.0 Å². The Morgan fingerprint density at radius 1 is 0.870 bits per heavy atom. The Bertz CT molecular complexity index is 271. The molecule has 2 N–H and O–H groups in total. The number of carboxylic acid groups (broad SMARTS) is 1. The molecule has 0 aromatic heterocycles. The average Bonchev–Trinajstić information content (AvgIpc) is 2.50. The molecule has 0 fully saturated rings. The molecular formula is C19H38O3S. The topological polar surface area (TPSA) is 57.5 Å². The molecule has 0 spiro atoms. The van der Waals surface area contributed by atoms with Gasteiger partial charge in [-0.1, -0.05) is 52.4 Å². The third-order valence-corrected chi connectivity index (χ3v) is 5.55. The summed E-state index contributed by atoms with van der Waals surface area (Å²) in [6.45, 7) is 4.41. The second kappa shape index (κ2) is 16.6. The summed E-state index contributed by atoms with van der Waals surface area (Å²) < 4.78 is 0. The van der Waals surface area contributed by atoms with Crippen molar-refractivity contribution in [2.75, 3.05) is 5.75 Å². The van der Waals surface area contributed by atoms with Crippen LogP contribution in [0.15, 0.2) is 0 Å². The summed E-state index contributed by atoms with van der Waals surface area (Å²) in [6.07, 6.45) is 13.5. The molecule has 2 atom stereocenters. The van der Waals surface area contributed by atoms with Crippen molar-refractivity contribution in [2.45, 2.75) is 109 Å². The van der Waals surface area contributed by atoms with Crippen molar-refractivity contribution in [2.24, 2.45) is 0 Å². The lowest BCUT2D eigenvalue weighted by Crippen LogP contribution is -2.09. The van der Waals surface area contributed by atoms with Gasteiger partial charge in [-0.25, -0.2) is 0 Å². The lowest BCUT2D eigenvalue weighted by molar-refractivity contribution is -0.137. The highest BCUT2D eigenvalue weighted by molar-refractivity contribution is 7.99. The van der Waals surface area contributed by atoms with Crippen LogP contribution >= 0.6 is 11.8 Å². The molecular weight excluding hydrogens is 308 g/mol. The summed E-state index contributed by atoms with van der Waals surface area (Å²) >= 11 is 2.04. The zero-order valence-electron chi connectivity index (χ0n) is 15.3. The maximum atomic E-state index is 10.5. The van der Waals surface area contributed by atoms with E-state index in [0.29, 0.717) is 11.7 Å². The Hall–Kier alpha value is -0.220. The number of carbonyl (C=O) groups is 1. The largest absolute Gasteiger partial charge is 0.481 e. The standard InChI is InChI=1S/C19H38O3S/c1-3-5-8-12-17(20)13-11-15-18(23-4-2)14-9-6-7-10-16-19(21)22/h17-18,20H,3-16H2,1-2H3,(H,21,22). The molecule has 0 aliphatic rings. The Morgan fingerprint density at radius 3 is 2.13 bits per heavy atom. The van der Waals surface area contributed by atoms with Gasteiger partial charge in [0.15, 0.2) is 0 Å². The van der Waals surface area contributed by atoms with Crippen LogP contribution in [0.3, 0.4) is 0 Å². The number of unbranched alkanes of at least 4 members (excludes halogenated alkanes) is 5. The fourth-order valence-corrected chi connectivity index (χ4v) is 4.04. The summed E-state index contributed by atoms with van der Waals surface area (Å²) in [5, 5.41) is 19.3. The van der Waals surface area contributed by atoms with Crippen molar-refractivity contribution in [3.8, 4) is 0 Å². The summed E-state index contributed by atoms with van der Waals surface area (Å²) in [7, 11) is 0. The minimum Gasteiger partial charge on any atom is -0.481 e. The maximum absolute atomic E-state index is 10.5. The van der Waals surface area contributed by atoms with Crippen LogP contribution in [-0.4, -0.2) is 33.3 Å². The quantitative estimate of drug-likeness (QED) is 0.334. The monoisotopic (exact) mass is 346 g/mol. The fourth-order valence-electron chi connectivity index (χ4n) is 2.90. The summed E-state index contributed by atoms with van der Waals surface area (Å²) in [6, 6.07) is 0. The predicted molar refractivity (Wildman–Crippen MR) is 101 cm³/mol. The first kappa shape index (κ1) is 22.8. The molecule has 0 bridgehead atoms. The van der Waals surface area contributed by atoms with Crippen LogP contribution in [0, 0.1) is 0 Å². The van der Waals surface area contributed by atoms with E-state index >= 15 is 0 Å². The molecule has 0 aliphatic heterocycles. The molecule has 0 radical (unpaired) electrons. The molecule has 138 valence electrons.